The molecule has 0 saturated heterocycles. The number of anilines is 2. The van der Waals surface area contributed by atoms with Gasteiger partial charge >= 0.3 is 6.03 Å². The van der Waals surface area contributed by atoms with Gasteiger partial charge in [0, 0.05) is 5.56 Å². The van der Waals surface area contributed by atoms with Crippen LogP contribution in [-0.4, -0.2) is 15.2 Å². The van der Waals surface area contributed by atoms with Crippen LogP contribution in [0.3, 0.4) is 0 Å². The number of carbonyl (C=O) groups excluding carboxylic acids is 1. The molecule has 0 aliphatic rings. The van der Waals surface area contributed by atoms with Gasteiger partial charge in [0.1, 0.15) is 11.0 Å². The number of carbonyl (C=O) groups is 1. The molecule has 1 heterocycles. The second-order valence-electron chi connectivity index (χ2n) is 6.07. The number of para-hydroxylation sites is 1. The highest BCUT2D eigenvalue weighted by Gasteiger charge is 2.11. The zero-order valence-electron chi connectivity index (χ0n) is 15.0. The molecule has 138 valence electrons. The summed E-state index contributed by atoms with van der Waals surface area (Å²) in [5.41, 5.74) is 4.72. The van der Waals surface area contributed by atoms with Crippen LogP contribution in [0.2, 0.25) is 0 Å². The van der Waals surface area contributed by atoms with E-state index in [1.54, 1.807) is 24.3 Å². The monoisotopic (exact) mass is 380 g/mol. The lowest BCUT2D eigenvalue weighted by Crippen LogP contribution is -2.21. The Labute approximate surface area is 160 Å². The largest absolute Gasteiger partial charge is 0.323 e. The Hall–Kier alpha value is -3.03. The van der Waals surface area contributed by atoms with Crippen molar-refractivity contribution in [3.8, 4) is 11.3 Å². The minimum absolute atomic E-state index is 0.359. The number of aromatic nitrogens is 1. The van der Waals surface area contributed by atoms with Gasteiger partial charge in [-0.3, -0.25) is 4.98 Å². The molecule has 4 N–H and O–H groups in total. The van der Waals surface area contributed by atoms with E-state index in [0.717, 1.165) is 11.3 Å². The van der Waals surface area contributed by atoms with Crippen LogP contribution < -0.4 is 15.8 Å². The average Bonchev–Trinajstić information content (AvgIpc) is 2.64. The molecule has 3 rings (SSSR count). The summed E-state index contributed by atoms with van der Waals surface area (Å²) in [5, 5.41) is 10.9. The highest BCUT2D eigenvalue weighted by Crippen LogP contribution is 2.22. The number of aryl methyl sites for hydroxylation is 2. The number of amides is 2. The molecule has 0 fully saturated rings. The van der Waals surface area contributed by atoms with E-state index in [0.29, 0.717) is 22.0 Å². The predicted octanol–water partition coefficient (Wildman–Crippen LogP) is 3.99. The van der Waals surface area contributed by atoms with Crippen molar-refractivity contribution >= 4 is 28.4 Å². The molecule has 0 aliphatic carbocycles. The molecule has 0 bridgehead atoms. The van der Waals surface area contributed by atoms with Crippen molar-refractivity contribution in [2.45, 2.75) is 18.7 Å². The molecular formula is C20H20N4O2S. The van der Waals surface area contributed by atoms with E-state index in [9.17, 15) is 9.00 Å². The fourth-order valence-electron chi connectivity index (χ4n) is 2.60. The number of pyridine rings is 1. The second-order valence-corrected chi connectivity index (χ2v) is 7.10. The summed E-state index contributed by atoms with van der Waals surface area (Å²) in [6, 6.07) is 18.0. The van der Waals surface area contributed by atoms with Gasteiger partial charge in [-0.15, -0.1) is 0 Å². The molecule has 0 saturated carbocycles. The Morgan fingerprint density at radius 2 is 1.59 bits per heavy atom. The second kappa shape index (κ2) is 8.11. The lowest BCUT2D eigenvalue weighted by Gasteiger charge is -2.12. The standard InChI is InChI=1S/C20H20N4O2S/c1-13-7-9-15(10-8-13)17-12-11-16(14(2)22-17)23-20(25)24-18-5-3-4-6-19(18)27(21)26/h3-12H,21H2,1-2H3,(H2,23,24,25). The third-order valence-electron chi connectivity index (χ3n) is 4.03. The van der Waals surface area contributed by atoms with Crippen LogP contribution in [0.25, 0.3) is 11.3 Å². The van der Waals surface area contributed by atoms with Crippen LogP contribution in [-0.2, 0) is 11.0 Å². The van der Waals surface area contributed by atoms with Gasteiger partial charge in [0.15, 0.2) is 0 Å². The summed E-state index contributed by atoms with van der Waals surface area (Å²) >= 11 is 0. The van der Waals surface area contributed by atoms with E-state index in [-0.39, 0.29) is 0 Å². The number of benzene rings is 2. The van der Waals surface area contributed by atoms with E-state index in [1.165, 1.54) is 5.56 Å². The van der Waals surface area contributed by atoms with E-state index < -0.39 is 17.0 Å². The van der Waals surface area contributed by atoms with Crippen molar-refractivity contribution in [2.24, 2.45) is 5.14 Å². The van der Waals surface area contributed by atoms with Gasteiger partial charge in [-0.25, -0.2) is 14.1 Å². The summed E-state index contributed by atoms with van der Waals surface area (Å²) in [6.45, 7) is 3.86. The van der Waals surface area contributed by atoms with Crippen molar-refractivity contribution in [1.82, 2.24) is 4.98 Å². The summed E-state index contributed by atoms with van der Waals surface area (Å²) < 4.78 is 11.6. The van der Waals surface area contributed by atoms with Gasteiger partial charge < -0.3 is 10.6 Å². The molecule has 0 aliphatic heterocycles. The van der Waals surface area contributed by atoms with E-state index in [4.69, 9.17) is 5.14 Å². The first-order valence-corrected chi connectivity index (χ1v) is 9.53. The number of rotatable bonds is 4. The number of urea groups is 1. The molecule has 27 heavy (non-hydrogen) atoms. The topological polar surface area (TPSA) is 97.1 Å². The molecule has 6 nitrogen and oxygen atoms in total. The number of hydrogen-bond acceptors (Lipinski definition) is 3. The SMILES string of the molecule is Cc1ccc(-c2ccc(NC(=O)Nc3ccccc3S(N)=O)c(C)n2)cc1. The zero-order chi connectivity index (χ0) is 19.4. The third-order valence-corrected chi connectivity index (χ3v) is 4.82. The third kappa shape index (κ3) is 4.58. The molecule has 1 atom stereocenters. The summed E-state index contributed by atoms with van der Waals surface area (Å²) in [6.07, 6.45) is 0. The van der Waals surface area contributed by atoms with Gasteiger partial charge in [0.2, 0.25) is 0 Å². The number of nitrogens with two attached hydrogens (primary N) is 1. The van der Waals surface area contributed by atoms with Crippen molar-refractivity contribution in [3.63, 3.8) is 0 Å². The maximum atomic E-state index is 12.3. The van der Waals surface area contributed by atoms with Crippen LogP contribution in [0.4, 0.5) is 16.2 Å². The minimum Gasteiger partial charge on any atom is -0.306 e. The van der Waals surface area contributed by atoms with E-state index >= 15 is 0 Å². The molecule has 2 aromatic carbocycles. The molecule has 3 aromatic rings. The summed E-state index contributed by atoms with van der Waals surface area (Å²) in [7, 11) is -1.69. The Kier molecular flexibility index (Phi) is 5.63. The maximum absolute atomic E-state index is 12.3. The minimum atomic E-state index is -1.69. The first-order valence-electron chi connectivity index (χ1n) is 8.32. The zero-order valence-corrected chi connectivity index (χ0v) is 15.8. The predicted molar refractivity (Wildman–Crippen MR) is 109 cm³/mol. The highest BCUT2D eigenvalue weighted by molar-refractivity contribution is 7.82. The average molecular weight is 380 g/mol. The van der Waals surface area contributed by atoms with Gasteiger partial charge in [-0.05, 0) is 38.1 Å². The first-order chi connectivity index (χ1) is 12.9. The highest BCUT2D eigenvalue weighted by atomic mass is 32.2. The fraction of sp³-hybridized carbons (Fsp3) is 0.100. The molecule has 1 aromatic heterocycles. The summed E-state index contributed by atoms with van der Waals surface area (Å²) in [5.74, 6) is 0. The number of nitrogens with zero attached hydrogens (tertiary/aromatic N) is 1. The Morgan fingerprint density at radius 1 is 0.926 bits per heavy atom. The smallest absolute Gasteiger partial charge is 0.306 e. The van der Waals surface area contributed by atoms with Crippen LogP contribution in [0, 0.1) is 13.8 Å². The normalized spacial score (nSPS) is 11.7. The van der Waals surface area contributed by atoms with Gasteiger partial charge in [0.25, 0.3) is 0 Å². The van der Waals surface area contributed by atoms with Crippen molar-refractivity contribution in [2.75, 3.05) is 10.6 Å². The first kappa shape index (κ1) is 18.8. The lowest BCUT2D eigenvalue weighted by atomic mass is 10.1. The van der Waals surface area contributed by atoms with Crippen LogP contribution in [0.5, 0.6) is 0 Å². The molecule has 0 radical (unpaired) electrons. The Morgan fingerprint density at radius 3 is 2.26 bits per heavy atom. The molecule has 1 unspecified atom stereocenters. The van der Waals surface area contributed by atoms with Crippen molar-refractivity contribution in [1.29, 1.82) is 0 Å². The van der Waals surface area contributed by atoms with Crippen molar-refractivity contribution < 1.29 is 9.00 Å². The maximum Gasteiger partial charge on any atom is 0.323 e. The lowest BCUT2D eigenvalue weighted by molar-refractivity contribution is 0.262. The van der Waals surface area contributed by atoms with Gasteiger partial charge in [0.05, 0.1) is 27.7 Å². The van der Waals surface area contributed by atoms with Crippen molar-refractivity contribution in [3.05, 3.63) is 71.9 Å². The van der Waals surface area contributed by atoms with Crippen LogP contribution in [0.15, 0.2) is 65.6 Å². The number of hydrogen-bond donors (Lipinski definition) is 3. The van der Waals surface area contributed by atoms with Crippen LogP contribution >= 0.6 is 0 Å². The van der Waals surface area contributed by atoms with E-state index in [1.807, 2.05) is 50.2 Å². The van der Waals surface area contributed by atoms with Gasteiger partial charge in [-0.1, -0.05) is 42.0 Å². The fourth-order valence-corrected chi connectivity index (χ4v) is 3.15. The molecule has 2 amide bonds. The molecular weight excluding hydrogens is 360 g/mol. The Bertz CT molecular complexity index is 1000. The molecule has 7 heteroatoms. The van der Waals surface area contributed by atoms with Gasteiger partial charge in [-0.2, -0.15) is 0 Å². The molecule has 0 spiro atoms. The Balaban J connectivity index is 1.75. The summed E-state index contributed by atoms with van der Waals surface area (Å²) in [4.78, 5) is 17.2. The van der Waals surface area contributed by atoms with E-state index in [2.05, 4.69) is 15.6 Å². The van der Waals surface area contributed by atoms with Crippen LogP contribution in [0.1, 0.15) is 11.3 Å². The number of nitrogens with one attached hydrogen (secondary N) is 2. The quantitative estimate of drug-likeness (QED) is 0.638.